The molecule has 0 saturated heterocycles. The van der Waals surface area contributed by atoms with Crippen LogP contribution < -0.4 is 5.73 Å². The maximum atomic E-state index is 11.9. The second kappa shape index (κ2) is 5.36. The molecule has 0 saturated carbocycles. The number of nitrogens with two attached hydrogens (primary N) is 1. The number of rotatable bonds is 3. The Morgan fingerprint density at radius 1 is 1.30 bits per heavy atom. The molecule has 0 spiro atoms. The van der Waals surface area contributed by atoms with Gasteiger partial charge in [0.15, 0.2) is 5.69 Å². The van der Waals surface area contributed by atoms with E-state index in [9.17, 15) is 4.79 Å². The van der Waals surface area contributed by atoms with Gasteiger partial charge < -0.3 is 10.5 Å². The number of hydrogen-bond acceptors (Lipinski definition) is 4. The largest absolute Gasteiger partial charge is 0.461 e. The summed E-state index contributed by atoms with van der Waals surface area (Å²) in [5.74, 6) is 0.499. The molecule has 20 heavy (non-hydrogen) atoms. The van der Waals surface area contributed by atoms with Gasteiger partial charge in [-0.3, -0.25) is 4.57 Å². The van der Waals surface area contributed by atoms with Gasteiger partial charge in [0, 0.05) is 0 Å². The number of para-hydroxylation sites is 1. The van der Waals surface area contributed by atoms with Crippen molar-refractivity contribution in [2.45, 2.75) is 27.7 Å². The zero-order valence-electron chi connectivity index (χ0n) is 12.2. The van der Waals surface area contributed by atoms with Crippen LogP contribution in [-0.4, -0.2) is 22.1 Å². The van der Waals surface area contributed by atoms with E-state index in [1.165, 1.54) is 0 Å². The average Bonchev–Trinajstić information content (AvgIpc) is 2.67. The Morgan fingerprint density at radius 3 is 2.45 bits per heavy atom. The molecule has 0 aliphatic rings. The highest BCUT2D eigenvalue weighted by atomic mass is 16.5. The highest BCUT2D eigenvalue weighted by Gasteiger charge is 2.21. The molecule has 0 bridgehead atoms. The first-order valence-corrected chi connectivity index (χ1v) is 6.55. The van der Waals surface area contributed by atoms with Gasteiger partial charge >= 0.3 is 5.97 Å². The molecule has 0 amide bonds. The van der Waals surface area contributed by atoms with Crippen molar-refractivity contribution in [2.24, 2.45) is 0 Å². The minimum atomic E-state index is -0.488. The summed E-state index contributed by atoms with van der Waals surface area (Å²) in [6, 6.07) is 6.00. The molecular weight excluding hydrogens is 254 g/mol. The molecule has 0 atom stereocenters. The third kappa shape index (κ3) is 2.27. The molecular formula is C15H19N3O2. The van der Waals surface area contributed by atoms with E-state index in [2.05, 4.69) is 4.98 Å². The van der Waals surface area contributed by atoms with Gasteiger partial charge in [-0.1, -0.05) is 18.2 Å². The monoisotopic (exact) mass is 273 g/mol. The minimum absolute atomic E-state index is 0.173. The molecule has 0 aliphatic heterocycles. The van der Waals surface area contributed by atoms with Gasteiger partial charge in [0.05, 0.1) is 12.3 Å². The highest BCUT2D eigenvalue weighted by molar-refractivity contribution is 5.92. The van der Waals surface area contributed by atoms with Crippen molar-refractivity contribution in [2.75, 3.05) is 12.3 Å². The number of aryl methyl sites for hydroxylation is 3. The normalized spacial score (nSPS) is 10.6. The van der Waals surface area contributed by atoms with Crippen LogP contribution in [0.1, 0.15) is 34.4 Å². The smallest absolute Gasteiger partial charge is 0.360 e. The summed E-state index contributed by atoms with van der Waals surface area (Å²) in [6.45, 7) is 7.89. The summed E-state index contributed by atoms with van der Waals surface area (Å²) in [7, 11) is 0. The number of carbonyl (C=O) groups excluding carboxylic acids is 1. The lowest BCUT2D eigenvalue weighted by atomic mass is 10.1. The number of benzene rings is 1. The van der Waals surface area contributed by atoms with E-state index in [1.54, 1.807) is 11.5 Å². The molecule has 2 rings (SSSR count). The molecule has 1 aromatic carbocycles. The number of hydrogen-bond donors (Lipinski definition) is 1. The lowest BCUT2D eigenvalue weighted by molar-refractivity contribution is 0.0521. The van der Waals surface area contributed by atoms with Gasteiger partial charge in [-0.25, -0.2) is 9.78 Å². The summed E-state index contributed by atoms with van der Waals surface area (Å²) < 4.78 is 6.78. The summed E-state index contributed by atoms with van der Waals surface area (Å²) >= 11 is 0. The zero-order valence-corrected chi connectivity index (χ0v) is 12.2. The first-order chi connectivity index (χ1) is 9.47. The Bertz CT molecular complexity index is 639. The van der Waals surface area contributed by atoms with Crippen molar-refractivity contribution in [3.63, 3.8) is 0 Å². The van der Waals surface area contributed by atoms with Gasteiger partial charge in [0.1, 0.15) is 11.6 Å². The van der Waals surface area contributed by atoms with Crippen molar-refractivity contribution in [1.29, 1.82) is 0 Å². The van der Waals surface area contributed by atoms with Gasteiger partial charge in [0.25, 0.3) is 0 Å². The molecule has 0 fully saturated rings. The Kier molecular flexibility index (Phi) is 3.79. The molecule has 0 aliphatic carbocycles. The molecule has 106 valence electrons. The van der Waals surface area contributed by atoms with Crippen LogP contribution in [-0.2, 0) is 4.74 Å². The Morgan fingerprint density at radius 2 is 1.90 bits per heavy atom. The first kappa shape index (κ1) is 14.1. The molecule has 5 nitrogen and oxygen atoms in total. The van der Waals surface area contributed by atoms with E-state index in [0.29, 0.717) is 18.2 Å². The van der Waals surface area contributed by atoms with Gasteiger partial charge in [-0.15, -0.1) is 0 Å². The van der Waals surface area contributed by atoms with Crippen LogP contribution in [0.3, 0.4) is 0 Å². The second-order valence-corrected chi connectivity index (χ2v) is 4.69. The lowest BCUT2D eigenvalue weighted by Gasteiger charge is -2.14. The van der Waals surface area contributed by atoms with E-state index in [0.717, 1.165) is 16.8 Å². The third-order valence-electron chi connectivity index (χ3n) is 3.21. The minimum Gasteiger partial charge on any atom is -0.461 e. The third-order valence-corrected chi connectivity index (χ3v) is 3.21. The van der Waals surface area contributed by atoms with Gasteiger partial charge in [-0.2, -0.15) is 0 Å². The van der Waals surface area contributed by atoms with Crippen molar-refractivity contribution in [1.82, 2.24) is 9.55 Å². The zero-order chi connectivity index (χ0) is 14.9. The lowest BCUT2D eigenvalue weighted by Crippen LogP contribution is -2.10. The first-order valence-electron chi connectivity index (χ1n) is 6.55. The number of nitrogen functional groups attached to an aromatic ring is 1. The maximum Gasteiger partial charge on any atom is 0.360 e. The summed E-state index contributed by atoms with van der Waals surface area (Å²) in [5.41, 5.74) is 9.39. The fraction of sp³-hybridized carbons (Fsp3) is 0.333. The summed E-state index contributed by atoms with van der Waals surface area (Å²) in [4.78, 5) is 16.1. The van der Waals surface area contributed by atoms with Crippen molar-refractivity contribution in [3.05, 3.63) is 40.8 Å². The Balaban J connectivity index is 2.62. The van der Waals surface area contributed by atoms with Crippen LogP contribution >= 0.6 is 0 Å². The molecule has 0 radical (unpaired) electrons. The summed E-state index contributed by atoms with van der Waals surface area (Å²) in [6.07, 6.45) is 0. The molecule has 1 heterocycles. The quantitative estimate of drug-likeness (QED) is 0.872. The van der Waals surface area contributed by atoms with Gasteiger partial charge in [-0.05, 0) is 38.8 Å². The van der Waals surface area contributed by atoms with E-state index >= 15 is 0 Å². The number of esters is 1. The number of imidazole rings is 1. The van der Waals surface area contributed by atoms with Crippen LogP contribution in [0.15, 0.2) is 18.2 Å². The number of ether oxygens (including phenoxy) is 1. The molecule has 0 unspecified atom stereocenters. The van der Waals surface area contributed by atoms with Crippen molar-refractivity contribution >= 4 is 11.8 Å². The van der Waals surface area contributed by atoms with E-state index in [1.807, 2.05) is 39.0 Å². The Hall–Kier alpha value is -2.30. The number of nitrogens with zero attached hydrogens (tertiary/aromatic N) is 2. The average molecular weight is 273 g/mol. The highest BCUT2D eigenvalue weighted by Crippen LogP contribution is 2.26. The van der Waals surface area contributed by atoms with E-state index in [4.69, 9.17) is 10.5 Å². The van der Waals surface area contributed by atoms with Crippen molar-refractivity contribution in [3.8, 4) is 5.69 Å². The standard InChI is InChI=1S/C15H19N3O2/c1-5-20-15(19)12-14(16)18(11(4)17-12)13-9(2)7-6-8-10(13)3/h6-8H,5,16H2,1-4H3. The summed E-state index contributed by atoms with van der Waals surface area (Å²) in [5, 5.41) is 0. The molecule has 1 aromatic heterocycles. The number of aromatic nitrogens is 2. The Labute approximate surface area is 118 Å². The number of carbonyl (C=O) groups is 1. The fourth-order valence-corrected chi connectivity index (χ4v) is 2.34. The molecule has 2 aromatic rings. The van der Waals surface area contributed by atoms with Crippen molar-refractivity contribution < 1.29 is 9.53 Å². The van der Waals surface area contributed by atoms with Crippen LogP contribution in [0.5, 0.6) is 0 Å². The SMILES string of the molecule is CCOC(=O)c1nc(C)n(-c2c(C)cccc2C)c1N. The predicted octanol–water partition coefficient (Wildman–Crippen LogP) is 2.56. The second-order valence-electron chi connectivity index (χ2n) is 4.69. The van der Waals surface area contributed by atoms with Gasteiger partial charge in [0.2, 0.25) is 0 Å². The number of anilines is 1. The molecule has 2 N–H and O–H groups in total. The predicted molar refractivity (Wildman–Crippen MR) is 78.1 cm³/mol. The van der Waals surface area contributed by atoms with Crippen LogP contribution in [0.25, 0.3) is 5.69 Å². The topological polar surface area (TPSA) is 70.1 Å². The fourth-order valence-electron chi connectivity index (χ4n) is 2.34. The maximum absolute atomic E-state index is 11.9. The van der Waals surface area contributed by atoms with E-state index in [-0.39, 0.29) is 5.69 Å². The van der Waals surface area contributed by atoms with Crippen LogP contribution in [0.4, 0.5) is 5.82 Å². The van der Waals surface area contributed by atoms with Crippen LogP contribution in [0.2, 0.25) is 0 Å². The molecule has 5 heteroatoms. The van der Waals surface area contributed by atoms with E-state index < -0.39 is 5.97 Å². The van der Waals surface area contributed by atoms with Crippen LogP contribution in [0, 0.1) is 20.8 Å².